The van der Waals surface area contributed by atoms with E-state index in [2.05, 4.69) is 21.3 Å². The molecule has 12 heteroatoms. The molecule has 1 fully saturated rings. The number of halogens is 3. The monoisotopic (exact) mass is 542 g/mol. The van der Waals surface area contributed by atoms with Crippen molar-refractivity contribution in [1.29, 1.82) is 5.26 Å². The zero-order chi connectivity index (χ0) is 27.1. The van der Waals surface area contributed by atoms with Crippen molar-refractivity contribution >= 4 is 32.5 Å². The molecule has 198 valence electrons. The van der Waals surface area contributed by atoms with Crippen molar-refractivity contribution in [2.75, 3.05) is 50.8 Å². The number of pyridine rings is 1. The number of fused-ring (bicyclic) bond motifs is 3. The van der Waals surface area contributed by atoms with Crippen molar-refractivity contribution in [2.24, 2.45) is 0 Å². The van der Waals surface area contributed by atoms with Crippen LogP contribution in [0.5, 0.6) is 0 Å². The lowest BCUT2D eigenvalue weighted by molar-refractivity contribution is -0.137. The van der Waals surface area contributed by atoms with Crippen LogP contribution in [-0.2, 0) is 16.2 Å². The molecule has 0 saturated carbocycles. The molecule has 0 radical (unpaired) electrons. The number of rotatable bonds is 6. The van der Waals surface area contributed by atoms with Crippen LogP contribution in [0.2, 0.25) is 0 Å². The van der Waals surface area contributed by atoms with Crippen LogP contribution in [0, 0.1) is 11.3 Å². The Morgan fingerprint density at radius 3 is 2.37 bits per heavy atom. The fraction of sp³-hybridized carbons (Fsp3) is 0.308. The first-order valence-electron chi connectivity index (χ1n) is 12.0. The van der Waals surface area contributed by atoms with Gasteiger partial charge in [0.1, 0.15) is 17.5 Å². The second-order valence-corrected chi connectivity index (χ2v) is 11.2. The number of para-hydroxylation sites is 2. The van der Waals surface area contributed by atoms with Gasteiger partial charge in [-0.25, -0.2) is 13.4 Å². The van der Waals surface area contributed by atoms with Crippen LogP contribution < -0.4 is 5.32 Å². The van der Waals surface area contributed by atoms with E-state index < -0.39 is 21.8 Å². The Bertz CT molecular complexity index is 1630. The Hall–Kier alpha value is -3.66. The lowest BCUT2D eigenvalue weighted by Crippen LogP contribution is -2.49. The van der Waals surface area contributed by atoms with Gasteiger partial charge in [-0.15, -0.1) is 0 Å². The summed E-state index contributed by atoms with van der Waals surface area (Å²) in [7, 11) is -3.21. The SMILES string of the molecule is CS(=O)(=O)N1CCN(CCNc2cc(-c3ccc(C(F)(F)F)cc3)c(C#N)c3nc4ccccc4n23)CC1. The Morgan fingerprint density at radius 1 is 1.05 bits per heavy atom. The molecule has 0 atom stereocenters. The van der Waals surface area contributed by atoms with Crippen LogP contribution >= 0.6 is 0 Å². The van der Waals surface area contributed by atoms with Crippen molar-refractivity contribution in [2.45, 2.75) is 6.18 Å². The Balaban J connectivity index is 1.48. The number of sulfonamides is 1. The highest BCUT2D eigenvalue weighted by Gasteiger charge is 2.30. The number of nitriles is 1. The number of benzene rings is 2. The normalized spacial score (nSPS) is 15.7. The predicted molar refractivity (Wildman–Crippen MR) is 139 cm³/mol. The van der Waals surface area contributed by atoms with Gasteiger partial charge in [0, 0.05) is 44.8 Å². The van der Waals surface area contributed by atoms with Crippen LogP contribution in [-0.4, -0.2) is 72.5 Å². The number of hydrogen-bond acceptors (Lipinski definition) is 6. The van der Waals surface area contributed by atoms with E-state index in [1.165, 1.54) is 22.7 Å². The number of piperazine rings is 1. The van der Waals surface area contributed by atoms with Crippen molar-refractivity contribution < 1.29 is 21.6 Å². The highest BCUT2D eigenvalue weighted by molar-refractivity contribution is 7.88. The zero-order valence-corrected chi connectivity index (χ0v) is 21.3. The molecule has 38 heavy (non-hydrogen) atoms. The number of nitrogens with one attached hydrogen (secondary N) is 1. The maximum atomic E-state index is 13.1. The van der Waals surface area contributed by atoms with Crippen LogP contribution in [0.15, 0.2) is 54.6 Å². The van der Waals surface area contributed by atoms with Gasteiger partial charge in [-0.05, 0) is 35.9 Å². The summed E-state index contributed by atoms with van der Waals surface area (Å²) in [5.41, 5.74) is 2.36. The molecule has 0 bridgehead atoms. The third-order valence-electron chi connectivity index (χ3n) is 6.75. The molecule has 4 aromatic rings. The average molecular weight is 543 g/mol. The summed E-state index contributed by atoms with van der Waals surface area (Å²) in [5, 5.41) is 13.5. The molecule has 1 aliphatic heterocycles. The minimum atomic E-state index is -4.46. The Morgan fingerprint density at radius 2 is 1.74 bits per heavy atom. The van der Waals surface area contributed by atoms with E-state index in [0.717, 1.165) is 17.6 Å². The summed E-state index contributed by atoms with van der Waals surface area (Å²) >= 11 is 0. The molecule has 0 amide bonds. The maximum absolute atomic E-state index is 13.1. The number of anilines is 1. The molecule has 3 heterocycles. The average Bonchev–Trinajstić information content (AvgIpc) is 3.27. The van der Waals surface area contributed by atoms with Gasteiger partial charge in [-0.1, -0.05) is 24.3 Å². The van der Waals surface area contributed by atoms with Crippen LogP contribution in [0.25, 0.3) is 27.8 Å². The van der Waals surface area contributed by atoms with E-state index in [0.29, 0.717) is 67.4 Å². The summed E-state index contributed by atoms with van der Waals surface area (Å²) in [6.45, 7) is 3.28. The molecule has 0 aliphatic carbocycles. The zero-order valence-electron chi connectivity index (χ0n) is 20.5. The van der Waals surface area contributed by atoms with E-state index in [1.54, 1.807) is 6.07 Å². The van der Waals surface area contributed by atoms with E-state index in [-0.39, 0.29) is 5.56 Å². The predicted octanol–water partition coefficient (Wildman–Crippen LogP) is 4.03. The van der Waals surface area contributed by atoms with Gasteiger partial charge >= 0.3 is 6.18 Å². The van der Waals surface area contributed by atoms with Crippen molar-refractivity contribution in [1.82, 2.24) is 18.6 Å². The first-order chi connectivity index (χ1) is 18.1. The van der Waals surface area contributed by atoms with Gasteiger partial charge in [0.25, 0.3) is 0 Å². The quantitative estimate of drug-likeness (QED) is 0.396. The van der Waals surface area contributed by atoms with Gasteiger partial charge in [-0.2, -0.15) is 22.7 Å². The van der Waals surface area contributed by atoms with Crippen LogP contribution in [0.1, 0.15) is 11.1 Å². The van der Waals surface area contributed by atoms with Gasteiger partial charge in [0.2, 0.25) is 10.0 Å². The van der Waals surface area contributed by atoms with Crippen LogP contribution in [0.3, 0.4) is 0 Å². The van der Waals surface area contributed by atoms with E-state index in [9.17, 15) is 26.9 Å². The van der Waals surface area contributed by atoms with Gasteiger partial charge in [0.05, 0.1) is 22.9 Å². The smallest absolute Gasteiger partial charge is 0.370 e. The van der Waals surface area contributed by atoms with Gasteiger partial charge in [-0.3, -0.25) is 9.30 Å². The topological polar surface area (TPSA) is 93.7 Å². The molecule has 5 rings (SSSR count). The second kappa shape index (κ2) is 9.90. The van der Waals surface area contributed by atoms with Gasteiger partial charge in [0.15, 0.2) is 5.65 Å². The molecule has 1 aliphatic rings. The minimum absolute atomic E-state index is 0.267. The number of alkyl halides is 3. The Labute approximate surface area is 218 Å². The molecule has 1 saturated heterocycles. The lowest BCUT2D eigenvalue weighted by Gasteiger charge is -2.33. The first-order valence-corrected chi connectivity index (χ1v) is 13.8. The molecule has 1 N–H and O–H groups in total. The highest BCUT2D eigenvalue weighted by Crippen LogP contribution is 2.35. The molecule has 0 spiro atoms. The third-order valence-corrected chi connectivity index (χ3v) is 8.05. The van der Waals surface area contributed by atoms with E-state index in [1.807, 2.05) is 28.7 Å². The number of aromatic nitrogens is 2. The van der Waals surface area contributed by atoms with Crippen molar-refractivity contribution in [3.8, 4) is 17.2 Å². The first kappa shape index (κ1) is 26.0. The van der Waals surface area contributed by atoms with E-state index in [4.69, 9.17) is 0 Å². The largest absolute Gasteiger partial charge is 0.416 e. The van der Waals surface area contributed by atoms with Crippen LogP contribution in [0.4, 0.5) is 19.0 Å². The Kier molecular flexibility index (Phi) is 6.77. The fourth-order valence-electron chi connectivity index (χ4n) is 4.77. The fourth-order valence-corrected chi connectivity index (χ4v) is 5.59. The molecule has 2 aromatic carbocycles. The minimum Gasteiger partial charge on any atom is -0.370 e. The summed E-state index contributed by atoms with van der Waals surface area (Å²) in [6.07, 6.45) is -3.25. The third kappa shape index (κ3) is 5.05. The molecule has 0 unspecified atom stereocenters. The standard InChI is InChI=1S/C26H25F3N6O2S/c1-38(36,37)34-14-12-33(13-15-34)11-10-31-24-16-20(18-6-8-19(9-7-18)26(27,28)29)21(17-30)25-32-22-4-2-3-5-23(22)35(24)25/h2-9,16,31H,10-15H2,1H3. The maximum Gasteiger partial charge on any atom is 0.416 e. The summed E-state index contributed by atoms with van der Waals surface area (Å²) in [5.74, 6) is 0.650. The highest BCUT2D eigenvalue weighted by atomic mass is 32.2. The number of imidazole rings is 1. The molecule has 8 nitrogen and oxygen atoms in total. The second-order valence-electron chi connectivity index (χ2n) is 9.20. The molecular formula is C26H25F3N6O2S. The number of nitrogens with zero attached hydrogens (tertiary/aromatic N) is 5. The van der Waals surface area contributed by atoms with Crippen molar-refractivity contribution in [3.05, 3.63) is 65.7 Å². The van der Waals surface area contributed by atoms with Crippen molar-refractivity contribution in [3.63, 3.8) is 0 Å². The van der Waals surface area contributed by atoms with E-state index >= 15 is 0 Å². The number of hydrogen-bond donors (Lipinski definition) is 1. The van der Waals surface area contributed by atoms with Gasteiger partial charge < -0.3 is 5.32 Å². The molecular weight excluding hydrogens is 517 g/mol. The molecule has 2 aromatic heterocycles. The summed E-state index contributed by atoms with van der Waals surface area (Å²) in [6, 6.07) is 16.2. The summed E-state index contributed by atoms with van der Waals surface area (Å²) in [4.78, 5) is 6.83. The summed E-state index contributed by atoms with van der Waals surface area (Å²) < 4.78 is 66.2. The lowest BCUT2D eigenvalue weighted by atomic mass is 10.00.